The molecule has 13 nitrogen and oxygen atoms in total. The van der Waals surface area contributed by atoms with Crippen LogP contribution in [0.3, 0.4) is 0 Å². The summed E-state index contributed by atoms with van der Waals surface area (Å²) in [6.07, 6.45) is -0.494. The molecule has 2 heterocycles. The van der Waals surface area contributed by atoms with Gasteiger partial charge in [-0.05, 0) is 90.0 Å². The molecule has 2 aromatic carbocycles. The van der Waals surface area contributed by atoms with Gasteiger partial charge in [0.25, 0.3) is 11.8 Å². The molecule has 0 saturated heterocycles. The molecule has 2 atom stereocenters. The standard InChI is InChI=1S/C36H50N4O9Si/c1-34(2,3)46-32(43)29(48-40-30(41)26-14-12-13-15-27(26)31(40)42)22-45-24-16-17-28-23(18-24)20-39(38-28)21-25(49-50(10,11)36(7,8)9)19-37-33(44)47-35(4,5)6/h12-18,20,25,29H,19,21-22H2,1-11H3,(H,37,44)/t25-,29?/m1/s1. The second kappa shape index (κ2) is 14.5. The molecule has 0 bridgehead atoms. The average Bonchev–Trinajstić information content (AvgIpc) is 3.48. The molecule has 1 N–H and O–H groups in total. The summed E-state index contributed by atoms with van der Waals surface area (Å²) in [6.45, 7) is 21.5. The van der Waals surface area contributed by atoms with Crippen LogP contribution >= 0.6 is 0 Å². The molecule has 0 fully saturated rings. The molecule has 3 aromatic rings. The van der Waals surface area contributed by atoms with E-state index in [1.165, 1.54) is 12.1 Å². The summed E-state index contributed by atoms with van der Waals surface area (Å²) in [4.78, 5) is 57.2. The van der Waals surface area contributed by atoms with E-state index in [0.29, 0.717) is 22.9 Å². The molecule has 0 radical (unpaired) electrons. The first kappa shape index (κ1) is 38.5. The number of fused-ring (bicyclic) bond motifs is 2. The van der Waals surface area contributed by atoms with Crippen LogP contribution in [0.5, 0.6) is 5.75 Å². The number of hydrogen-bond donors (Lipinski definition) is 1. The van der Waals surface area contributed by atoms with Gasteiger partial charge in [0, 0.05) is 18.1 Å². The number of hydrogen-bond acceptors (Lipinski definition) is 10. The van der Waals surface area contributed by atoms with Gasteiger partial charge >= 0.3 is 12.1 Å². The van der Waals surface area contributed by atoms with Gasteiger partial charge in [-0.2, -0.15) is 5.10 Å². The lowest BCUT2D eigenvalue weighted by Crippen LogP contribution is -2.48. The summed E-state index contributed by atoms with van der Waals surface area (Å²) < 4.78 is 25.4. The van der Waals surface area contributed by atoms with Crippen molar-refractivity contribution in [3.8, 4) is 5.75 Å². The maximum atomic E-state index is 13.2. The van der Waals surface area contributed by atoms with E-state index in [9.17, 15) is 19.2 Å². The summed E-state index contributed by atoms with van der Waals surface area (Å²) >= 11 is 0. The fraction of sp³-hybridized carbons (Fsp3) is 0.528. The van der Waals surface area contributed by atoms with Crippen LogP contribution in [-0.2, 0) is 30.1 Å². The molecule has 0 aliphatic carbocycles. The number of amides is 3. The molecule has 50 heavy (non-hydrogen) atoms. The Bertz CT molecular complexity index is 1700. The molecule has 3 amide bonds. The van der Waals surface area contributed by atoms with Gasteiger partial charge in [0.15, 0.2) is 8.32 Å². The Balaban J connectivity index is 1.50. The van der Waals surface area contributed by atoms with Crippen LogP contribution in [0.4, 0.5) is 4.79 Å². The number of rotatable bonds is 12. The fourth-order valence-corrected chi connectivity index (χ4v) is 6.11. The van der Waals surface area contributed by atoms with E-state index in [4.69, 9.17) is 28.6 Å². The molecule has 4 rings (SSSR count). The zero-order chi connectivity index (χ0) is 37.2. The first-order chi connectivity index (χ1) is 23.0. The van der Waals surface area contributed by atoms with Crippen molar-refractivity contribution in [2.24, 2.45) is 0 Å². The number of esters is 1. The molecule has 0 spiro atoms. The lowest BCUT2D eigenvalue weighted by atomic mass is 10.1. The van der Waals surface area contributed by atoms with Crippen LogP contribution in [0.25, 0.3) is 10.9 Å². The predicted octanol–water partition coefficient (Wildman–Crippen LogP) is 6.27. The third kappa shape index (κ3) is 9.92. The Morgan fingerprint density at radius 3 is 2.04 bits per heavy atom. The summed E-state index contributed by atoms with van der Waals surface area (Å²) in [5, 5.41) is 8.83. The van der Waals surface area contributed by atoms with Gasteiger partial charge in [0.05, 0.1) is 29.3 Å². The highest BCUT2D eigenvalue weighted by Crippen LogP contribution is 2.37. The normalized spacial score (nSPS) is 15.1. The van der Waals surface area contributed by atoms with Crippen molar-refractivity contribution >= 4 is 43.1 Å². The van der Waals surface area contributed by atoms with E-state index in [2.05, 4.69) is 39.2 Å². The van der Waals surface area contributed by atoms with Crippen LogP contribution in [0.1, 0.15) is 83.0 Å². The molecule has 272 valence electrons. The van der Waals surface area contributed by atoms with E-state index in [1.54, 1.807) is 55.8 Å². The van der Waals surface area contributed by atoms with Crippen LogP contribution in [-0.4, -0.2) is 83.6 Å². The van der Waals surface area contributed by atoms with Crippen molar-refractivity contribution in [3.05, 3.63) is 59.8 Å². The van der Waals surface area contributed by atoms with Crippen molar-refractivity contribution in [1.82, 2.24) is 20.2 Å². The Kier molecular flexibility index (Phi) is 11.2. The highest BCUT2D eigenvalue weighted by atomic mass is 28.4. The number of carbonyl (C=O) groups is 4. The van der Waals surface area contributed by atoms with Gasteiger partial charge in [-0.3, -0.25) is 14.3 Å². The van der Waals surface area contributed by atoms with E-state index in [0.717, 1.165) is 5.39 Å². The Labute approximate surface area is 294 Å². The van der Waals surface area contributed by atoms with Gasteiger partial charge in [0.2, 0.25) is 6.10 Å². The second-order valence-electron chi connectivity index (χ2n) is 15.8. The number of nitrogens with one attached hydrogen (secondary N) is 1. The van der Waals surface area contributed by atoms with Crippen LogP contribution in [0.15, 0.2) is 48.7 Å². The Morgan fingerprint density at radius 1 is 0.880 bits per heavy atom. The smallest absolute Gasteiger partial charge is 0.407 e. The number of aromatic nitrogens is 2. The van der Waals surface area contributed by atoms with Crippen molar-refractivity contribution in [1.29, 1.82) is 0 Å². The SMILES string of the molecule is CC(C)(C)OC(=O)NC[C@H](Cn1cc2cc(OCC(ON3C(=O)c4ccccc4C3=O)C(=O)OC(C)(C)C)ccc2n1)O[Si](C)(C)C(C)(C)C. The van der Waals surface area contributed by atoms with Crippen molar-refractivity contribution < 1.29 is 42.7 Å². The number of nitrogens with zero attached hydrogens (tertiary/aromatic N) is 3. The molecule has 0 saturated carbocycles. The van der Waals surface area contributed by atoms with E-state index in [-0.39, 0.29) is 35.4 Å². The van der Waals surface area contributed by atoms with E-state index < -0.39 is 49.5 Å². The first-order valence-electron chi connectivity index (χ1n) is 16.7. The van der Waals surface area contributed by atoms with Crippen LogP contribution < -0.4 is 10.1 Å². The predicted molar refractivity (Wildman–Crippen MR) is 189 cm³/mol. The number of benzene rings is 2. The Hall–Kier alpha value is -4.27. The summed E-state index contributed by atoms with van der Waals surface area (Å²) in [5.41, 5.74) is -0.437. The third-order valence-electron chi connectivity index (χ3n) is 8.11. The minimum absolute atomic E-state index is 0.0571. The Morgan fingerprint density at radius 2 is 1.48 bits per heavy atom. The van der Waals surface area contributed by atoms with Crippen LogP contribution in [0.2, 0.25) is 18.1 Å². The van der Waals surface area contributed by atoms with E-state index >= 15 is 0 Å². The number of imide groups is 1. The highest BCUT2D eigenvalue weighted by Gasteiger charge is 2.41. The van der Waals surface area contributed by atoms with Crippen molar-refractivity contribution in [2.45, 2.75) is 110 Å². The quantitative estimate of drug-likeness (QED) is 0.130. The molecule has 1 aliphatic heterocycles. The molecular formula is C36H50N4O9Si. The van der Waals surface area contributed by atoms with Crippen molar-refractivity contribution in [2.75, 3.05) is 13.2 Å². The summed E-state index contributed by atoms with van der Waals surface area (Å²) in [7, 11) is -2.22. The van der Waals surface area contributed by atoms with Gasteiger partial charge in [-0.25, -0.2) is 14.4 Å². The zero-order valence-corrected chi connectivity index (χ0v) is 31.9. The number of hydroxylamine groups is 2. The topological polar surface area (TPSA) is 148 Å². The van der Waals surface area contributed by atoms with E-state index in [1.807, 2.05) is 27.0 Å². The van der Waals surface area contributed by atoms with Crippen LogP contribution in [0, 0.1) is 0 Å². The van der Waals surface area contributed by atoms with Gasteiger partial charge in [0.1, 0.15) is 23.6 Å². The largest absolute Gasteiger partial charge is 0.490 e. The lowest BCUT2D eigenvalue weighted by molar-refractivity contribution is -0.193. The molecule has 14 heteroatoms. The molecule has 1 unspecified atom stereocenters. The summed E-state index contributed by atoms with van der Waals surface area (Å²) in [6, 6.07) is 11.6. The fourth-order valence-electron chi connectivity index (χ4n) is 4.77. The molecular weight excluding hydrogens is 661 g/mol. The number of ether oxygens (including phenoxy) is 3. The highest BCUT2D eigenvalue weighted by molar-refractivity contribution is 6.74. The minimum atomic E-state index is -2.22. The van der Waals surface area contributed by atoms with Gasteiger partial charge in [-0.1, -0.05) is 32.9 Å². The average molecular weight is 711 g/mol. The first-order valence-corrected chi connectivity index (χ1v) is 19.6. The minimum Gasteiger partial charge on any atom is -0.490 e. The number of alkyl carbamates (subject to hydrolysis) is 1. The zero-order valence-electron chi connectivity index (χ0n) is 30.9. The van der Waals surface area contributed by atoms with Gasteiger partial charge < -0.3 is 24.0 Å². The maximum Gasteiger partial charge on any atom is 0.407 e. The van der Waals surface area contributed by atoms with Gasteiger partial charge in [-0.15, -0.1) is 5.06 Å². The maximum absolute atomic E-state index is 13.2. The van der Waals surface area contributed by atoms with Crippen molar-refractivity contribution in [3.63, 3.8) is 0 Å². The lowest BCUT2D eigenvalue weighted by Gasteiger charge is -2.39. The monoisotopic (exact) mass is 710 g/mol. The molecule has 1 aromatic heterocycles. The summed E-state index contributed by atoms with van der Waals surface area (Å²) in [5.74, 6) is -1.75. The third-order valence-corrected chi connectivity index (χ3v) is 12.6. The second-order valence-corrected chi connectivity index (χ2v) is 20.6. The number of carbonyl (C=O) groups excluding carboxylic acids is 4. The molecule has 1 aliphatic rings.